The Morgan fingerprint density at radius 1 is 1.45 bits per heavy atom. The van der Waals surface area contributed by atoms with Gasteiger partial charge >= 0.3 is 21.1 Å². The predicted molar refractivity (Wildman–Crippen MR) is 64.7 cm³/mol. The van der Waals surface area contributed by atoms with E-state index in [9.17, 15) is 24.9 Å². The van der Waals surface area contributed by atoms with Crippen molar-refractivity contribution >= 4 is 11.9 Å². The third-order valence-corrected chi connectivity index (χ3v) is 3.61. The number of carboxylic acids is 2. The number of carbonyl (C=O) groups is 2. The molecule has 4 unspecified atom stereocenters. The molecule has 0 saturated carbocycles. The molecule has 3 rings (SSSR count). The van der Waals surface area contributed by atoms with Crippen molar-refractivity contribution < 1.29 is 50.7 Å². The SMILES string of the molecule is Cc1ncc[nH]1.N.O=C([O-])C1C2CCC(O2)C1(O)C(=O)[O-].[Pt+2]. The van der Waals surface area contributed by atoms with E-state index in [0.29, 0.717) is 12.8 Å². The van der Waals surface area contributed by atoms with Crippen LogP contribution in [0.3, 0.4) is 0 Å². The normalized spacial score (nSPS) is 31.3. The van der Waals surface area contributed by atoms with Crippen molar-refractivity contribution in [3.05, 3.63) is 18.2 Å². The minimum absolute atomic E-state index is 0. The Kier molecular flexibility index (Phi) is 7.37. The Morgan fingerprint density at radius 3 is 2.41 bits per heavy atom. The zero-order valence-corrected chi connectivity index (χ0v) is 14.0. The fourth-order valence-corrected chi connectivity index (χ4v) is 2.65. The van der Waals surface area contributed by atoms with Gasteiger partial charge in [-0.05, 0) is 19.8 Å². The molecule has 0 spiro atoms. The summed E-state index contributed by atoms with van der Waals surface area (Å²) in [6, 6.07) is 0. The Labute approximate surface area is 140 Å². The van der Waals surface area contributed by atoms with Gasteiger partial charge in [-0.15, -0.1) is 0 Å². The molecule has 0 aromatic carbocycles. The molecule has 5 N–H and O–H groups in total. The van der Waals surface area contributed by atoms with Crippen LogP contribution in [0.5, 0.6) is 0 Å². The number of hydrogen-bond acceptors (Lipinski definition) is 8. The largest absolute Gasteiger partial charge is 2.00 e. The molecule has 4 atom stereocenters. The summed E-state index contributed by atoms with van der Waals surface area (Å²) in [5.74, 6) is -3.97. The number of hydrogen-bond donors (Lipinski definition) is 3. The van der Waals surface area contributed by atoms with E-state index in [1.807, 2.05) is 6.92 Å². The van der Waals surface area contributed by atoms with Crippen LogP contribution in [0.4, 0.5) is 0 Å². The van der Waals surface area contributed by atoms with E-state index < -0.39 is 35.7 Å². The number of aryl methyl sites for hydroxylation is 1. The van der Waals surface area contributed by atoms with Gasteiger partial charge < -0.3 is 40.8 Å². The Morgan fingerprint density at radius 2 is 2.09 bits per heavy atom. The van der Waals surface area contributed by atoms with Gasteiger partial charge in [0.2, 0.25) is 0 Å². The molecule has 1 aromatic rings. The molecule has 22 heavy (non-hydrogen) atoms. The van der Waals surface area contributed by atoms with E-state index in [1.54, 1.807) is 12.4 Å². The summed E-state index contributed by atoms with van der Waals surface area (Å²) in [5.41, 5.74) is -2.43. The average Bonchev–Trinajstić information content (AvgIpc) is 3.05. The van der Waals surface area contributed by atoms with Crippen molar-refractivity contribution in [3.63, 3.8) is 0 Å². The molecular formula is C12H17N3O6Pt. The first kappa shape index (κ1) is 20.7. The van der Waals surface area contributed by atoms with Gasteiger partial charge in [-0.1, -0.05) is 0 Å². The van der Waals surface area contributed by atoms with E-state index in [1.165, 1.54) is 0 Å². The number of aliphatic carboxylic acids is 2. The van der Waals surface area contributed by atoms with Crippen molar-refractivity contribution in [2.24, 2.45) is 5.92 Å². The van der Waals surface area contributed by atoms with Gasteiger partial charge in [-0.25, -0.2) is 4.98 Å². The minimum atomic E-state index is -2.43. The van der Waals surface area contributed by atoms with Crippen LogP contribution in [-0.4, -0.2) is 44.8 Å². The average molecular weight is 494 g/mol. The maximum absolute atomic E-state index is 10.7. The summed E-state index contributed by atoms with van der Waals surface area (Å²) in [6.45, 7) is 1.92. The van der Waals surface area contributed by atoms with E-state index in [4.69, 9.17) is 4.74 Å². The number of rotatable bonds is 2. The van der Waals surface area contributed by atoms with Crippen LogP contribution in [-0.2, 0) is 35.4 Å². The Bertz CT molecular complexity index is 511. The van der Waals surface area contributed by atoms with Crippen LogP contribution in [0.1, 0.15) is 18.7 Å². The summed E-state index contributed by atoms with van der Waals surface area (Å²) in [7, 11) is 0. The maximum Gasteiger partial charge on any atom is 2.00 e. The van der Waals surface area contributed by atoms with Crippen molar-refractivity contribution in [1.82, 2.24) is 16.1 Å². The quantitative estimate of drug-likeness (QED) is 0.398. The minimum Gasteiger partial charge on any atom is -0.550 e. The van der Waals surface area contributed by atoms with Gasteiger partial charge in [0.05, 0.1) is 30.1 Å². The third kappa shape index (κ3) is 3.54. The maximum atomic E-state index is 10.7. The molecule has 2 fully saturated rings. The van der Waals surface area contributed by atoms with Crippen molar-refractivity contribution in [2.75, 3.05) is 0 Å². The van der Waals surface area contributed by atoms with Crippen LogP contribution in [0.2, 0.25) is 0 Å². The molecule has 2 bridgehead atoms. The standard InChI is InChI=1S/C8H10O6.C4H6N2.H3N.Pt/c9-6(10)5-3-1-2-4(14-3)8(5,13)7(11)12;1-4-5-2-3-6-4;;/h3-5,13H,1-2H2,(H,9,10)(H,11,12);2-3H,1H3,(H,5,6);1H3;/q;;;+2/p-2. The number of nitrogens with one attached hydrogen (secondary N) is 1. The number of aromatic amines is 1. The van der Waals surface area contributed by atoms with Crippen molar-refractivity contribution in [3.8, 4) is 0 Å². The zero-order chi connectivity index (χ0) is 14.9. The van der Waals surface area contributed by atoms with Gasteiger partial charge in [0.1, 0.15) is 11.4 Å². The number of carbonyl (C=O) groups excluding carboxylic acids is 2. The second-order valence-corrected chi connectivity index (χ2v) is 4.82. The molecule has 2 aliphatic rings. The molecule has 3 heterocycles. The van der Waals surface area contributed by atoms with Gasteiger partial charge in [0, 0.05) is 12.4 Å². The number of fused-ring (bicyclic) bond motifs is 2. The van der Waals surface area contributed by atoms with E-state index in [-0.39, 0.29) is 27.2 Å². The van der Waals surface area contributed by atoms with Crippen LogP contribution < -0.4 is 16.4 Å². The molecule has 0 amide bonds. The Balaban J connectivity index is 0.000000472. The van der Waals surface area contributed by atoms with E-state index >= 15 is 0 Å². The molecule has 2 saturated heterocycles. The van der Waals surface area contributed by atoms with Gasteiger partial charge in [-0.3, -0.25) is 0 Å². The first-order valence-corrected chi connectivity index (χ1v) is 6.13. The second-order valence-electron chi connectivity index (χ2n) is 4.82. The summed E-state index contributed by atoms with van der Waals surface area (Å²) >= 11 is 0. The second kappa shape index (κ2) is 7.82. The van der Waals surface area contributed by atoms with Crippen molar-refractivity contribution in [2.45, 2.75) is 37.6 Å². The fourth-order valence-electron chi connectivity index (χ4n) is 2.65. The van der Waals surface area contributed by atoms with Crippen LogP contribution in [0, 0.1) is 12.8 Å². The molecular weight excluding hydrogens is 477 g/mol. The van der Waals surface area contributed by atoms with Crippen LogP contribution >= 0.6 is 0 Å². The van der Waals surface area contributed by atoms with E-state index in [0.717, 1.165) is 5.82 Å². The van der Waals surface area contributed by atoms with Gasteiger partial charge in [-0.2, -0.15) is 0 Å². The molecule has 126 valence electrons. The Hall–Kier alpha value is -1.28. The van der Waals surface area contributed by atoms with Crippen molar-refractivity contribution in [1.29, 1.82) is 0 Å². The molecule has 0 radical (unpaired) electrons. The topological polar surface area (TPSA) is 173 Å². The van der Waals surface area contributed by atoms with Crippen LogP contribution in [0.25, 0.3) is 0 Å². The first-order valence-electron chi connectivity index (χ1n) is 6.13. The smallest absolute Gasteiger partial charge is 0.550 e. The number of imidazole rings is 1. The molecule has 10 heteroatoms. The van der Waals surface area contributed by atoms with Gasteiger partial charge in [0.15, 0.2) is 0 Å². The molecule has 9 nitrogen and oxygen atoms in total. The summed E-state index contributed by atoms with van der Waals surface area (Å²) in [5, 5.41) is 31.0. The number of nitrogens with zero attached hydrogens (tertiary/aromatic N) is 1. The summed E-state index contributed by atoms with van der Waals surface area (Å²) in [6.07, 6.45) is 2.54. The summed E-state index contributed by atoms with van der Waals surface area (Å²) < 4.78 is 5.03. The summed E-state index contributed by atoms with van der Waals surface area (Å²) in [4.78, 5) is 28.1. The first-order chi connectivity index (χ1) is 9.37. The fraction of sp³-hybridized carbons (Fsp3) is 0.583. The number of aromatic nitrogens is 2. The van der Waals surface area contributed by atoms with E-state index in [2.05, 4.69) is 9.97 Å². The number of aliphatic hydroxyl groups is 1. The molecule has 1 aromatic heterocycles. The molecule has 0 aliphatic carbocycles. The molecule has 2 aliphatic heterocycles. The number of H-pyrrole nitrogens is 1. The number of carboxylic acid groups (broad SMARTS) is 2. The van der Waals surface area contributed by atoms with Crippen LogP contribution in [0.15, 0.2) is 12.4 Å². The zero-order valence-electron chi connectivity index (χ0n) is 11.8. The predicted octanol–water partition coefficient (Wildman–Crippen LogP) is -2.73. The third-order valence-electron chi connectivity index (χ3n) is 3.61. The monoisotopic (exact) mass is 494 g/mol. The van der Waals surface area contributed by atoms with Gasteiger partial charge in [0.25, 0.3) is 0 Å². The number of ether oxygens (including phenoxy) is 1.